The summed E-state index contributed by atoms with van der Waals surface area (Å²) in [4.78, 5) is 2.76. The molecule has 1 heterocycles. The Labute approximate surface area is 107 Å². The lowest BCUT2D eigenvalue weighted by molar-refractivity contribution is 0.146. The highest BCUT2D eigenvalue weighted by Gasteiger charge is 2.38. The van der Waals surface area contributed by atoms with Crippen molar-refractivity contribution in [3.63, 3.8) is 0 Å². The first kappa shape index (κ1) is 13.4. The molecule has 2 rings (SSSR count). The van der Waals surface area contributed by atoms with Gasteiger partial charge in [0, 0.05) is 24.7 Å². The normalized spacial score (nSPS) is 31.6. The summed E-state index contributed by atoms with van der Waals surface area (Å²) in [7, 11) is 0. The largest absolute Gasteiger partial charge is 0.310 e. The van der Waals surface area contributed by atoms with Crippen LogP contribution in [0.2, 0.25) is 0 Å². The molecule has 17 heavy (non-hydrogen) atoms. The van der Waals surface area contributed by atoms with Gasteiger partial charge in [0.05, 0.1) is 0 Å². The van der Waals surface area contributed by atoms with Crippen LogP contribution in [-0.2, 0) is 0 Å². The third-order valence-electron chi connectivity index (χ3n) is 4.99. The maximum absolute atomic E-state index is 3.87. The van der Waals surface area contributed by atoms with Crippen molar-refractivity contribution < 1.29 is 0 Å². The van der Waals surface area contributed by atoms with Gasteiger partial charge in [0.2, 0.25) is 0 Å². The van der Waals surface area contributed by atoms with Crippen molar-refractivity contribution in [1.82, 2.24) is 10.2 Å². The lowest BCUT2D eigenvalue weighted by Gasteiger charge is -2.36. The summed E-state index contributed by atoms with van der Waals surface area (Å²) in [5.74, 6) is 0.842. The summed E-state index contributed by atoms with van der Waals surface area (Å²) in [6.07, 6.45) is 8.28. The summed E-state index contributed by atoms with van der Waals surface area (Å²) in [5, 5.41) is 3.87. The van der Waals surface area contributed by atoms with E-state index in [1.165, 1.54) is 58.2 Å². The van der Waals surface area contributed by atoms with Crippen molar-refractivity contribution in [2.45, 2.75) is 70.9 Å². The van der Waals surface area contributed by atoms with Crippen molar-refractivity contribution in [3.05, 3.63) is 0 Å². The van der Waals surface area contributed by atoms with Gasteiger partial charge in [0.1, 0.15) is 0 Å². The fourth-order valence-corrected chi connectivity index (χ4v) is 3.49. The second-order valence-corrected chi connectivity index (χ2v) is 6.49. The van der Waals surface area contributed by atoms with E-state index in [4.69, 9.17) is 0 Å². The van der Waals surface area contributed by atoms with E-state index in [-0.39, 0.29) is 0 Å². The van der Waals surface area contributed by atoms with Gasteiger partial charge in [-0.3, -0.25) is 4.90 Å². The molecule has 100 valence electrons. The molecule has 2 nitrogen and oxygen atoms in total. The zero-order valence-electron chi connectivity index (χ0n) is 12.0. The molecule has 1 N–H and O–H groups in total. The molecule has 0 radical (unpaired) electrons. The Bertz CT molecular complexity index is 233. The van der Waals surface area contributed by atoms with E-state index in [1.54, 1.807) is 0 Å². The molecule has 0 bridgehead atoms. The van der Waals surface area contributed by atoms with Crippen molar-refractivity contribution in [3.8, 4) is 0 Å². The number of rotatable bonds is 3. The predicted octanol–water partition coefficient (Wildman–Crippen LogP) is 3.03. The number of nitrogens with one attached hydrogen (secondary N) is 1. The van der Waals surface area contributed by atoms with E-state index in [2.05, 4.69) is 31.0 Å². The highest BCUT2D eigenvalue weighted by atomic mass is 15.2. The van der Waals surface area contributed by atoms with Crippen molar-refractivity contribution in [2.24, 2.45) is 5.92 Å². The fourth-order valence-electron chi connectivity index (χ4n) is 3.49. The van der Waals surface area contributed by atoms with E-state index < -0.39 is 0 Å². The van der Waals surface area contributed by atoms with Crippen LogP contribution in [0, 0.1) is 5.92 Å². The minimum Gasteiger partial charge on any atom is -0.310 e. The van der Waals surface area contributed by atoms with E-state index in [0.29, 0.717) is 5.54 Å². The maximum Gasteiger partial charge on any atom is 0.0308 e. The summed E-state index contributed by atoms with van der Waals surface area (Å²) < 4.78 is 0. The Kier molecular flexibility index (Phi) is 4.48. The van der Waals surface area contributed by atoms with Gasteiger partial charge in [-0.25, -0.2) is 0 Å². The van der Waals surface area contributed by atoms with Gasteiger partial charge in [-0.05, 0) is 38.6 Å². The van der Waals surface area contributed by atoms with Crippen LogP contribution in [-0.4, -0.2) is 36.1 Å². The Morgan fingerprint density at radius 3 is 2.71 bits per heavy atom. The lowest BCUT2D eigenvalue weighted by Crippen LogP contribution is -2.50. The Morgan fingerprint density at radius 1 is 1.35 bits per heavy atom. The molecular weight excluding hydrogens is 208 g/mol. The van der Waals surface area contributed by atoms with Crippen LogP contribution < -0.4 is 5.32 Å². The topological polar surface area (TPSA) is 15.3 Å². The number of hydrogen-bond donors (Lipinski definition) is 1. The molecule has 0 aromatic carbocycles. The van der Waals surface area contributed by atoms with Gasteiger partial charge >= 0.3 is 0 Å². The third-order valence-corrected chi connectivity index (χ3v) is 4.99. The Morgan fingerprint density at radius 2 is 2.06 bits per heavy atom. The van der Waals surface area contributed by atoms with Crippen molar-refractivity contribution >= 4 is 0 Å². The molecule has 2 unspecified atom stereocenters. The van der Waals surface area contributed by atoms with Crippen LogP contribution in [0.3, 0.4) is 0 Å². The summed E-state index contributed by atoms with van der Waals surface area (Å²) in [5.41, 5.74) is 0.470. The molecular formula is C15H30N2. The van der Waals surface area contributed by atoms with E-state index in [0.717, 1.165) is 12.0 Å². The first-order valence-corrected chi connectivity index (χ1v) is 7.64. The third kappa shape index (κ3) is 3.23. The molecule has 1 saturated carbocycles. The molecule has 0 aromatic rings. The summed E-state index contributed by atoms with van der Waals surface area (Å²) in [6, 6.07) is 0.761. The molecule has 0 aromatic heterocycles. The van der Waals surface area contributed by atoms with E-state index in [9.17, 15) is 0 Å². The molecule has 0 amide bonds. The Hall–Kier alpha value is -0.0800. The molecule has 2 heteroatoms. The average molecular weight is 238 g/mol. The van der Waals surface area contributed by atoms with Gasteiger partial charge in [-0.2, -0.15) is 0 Å². The van der Waals surface area contributed by atoms with Crippen LogP contribution in [0.25, 0.3) is 0 Å². The molecule has 1 aliphatic heterocycles. The maximum atomic E-state index is 3.87. The predicted molar refractivity (Wildman–Crippen MR) is 74.3 cm³/mol. The Balaban J connectivity index is 2.00. The van der Waals surface area contributed by atoms with Crippen molar-refractivity contribution in [1.29, 1.82) is 0 Å². The molecule has 1 saturated heterocycles. The second-order valence-electron chi connectivity index (χ2n) is 6.49. The minimum absolute atomic E-state index is 0.470. The van der Waals surface area contributed by atoms with Gasteiger partial charge < -0.3 is 5.32 Å². The monoisotopic (exact) mass is 238 g/mol. The summed E-state index contributed by atoms with van der Waals surface area (Å²) >= 11 is 0. The van der Waals surface area contributed by atoms with Crippen LogP contribution in [0.4, 0.5) is 0 Å². The van der Waals surface area contributed by atoms with Crippen LogP contribution in [0.15, 0.2) is 0 Å². The van der Waals surface area contributed by atoms with E-state index in [1.807, 2.05) is 0 Å². The van der Waals surface area contributed by atoms with Crippen LogP contribution >= 0.6 is 0 Å². The van der Waals surface area contributed by atoms with Gasteiger partial charge in [0.15, 0.2) is 0 Å². The quantitative estimate of drug-likeness (QED) is 0.813. The lowest BCUT2D eigenvalue weighted by atomic mass is 9.96. The van der Waals surface area contributed by atoms with Crippen LogP contribution in [0.5, 0.6) is 0 Å². The first-order chi connectivity index (χ1) is 8.15. The van der Waals surface area contributed by atoms with E-state index >= 15 is 0 Å². The van der Waals surface area contributed by atoms with Gasteiger partial charge in [0.25, 0.3) is 0 Å². The molecule has 2 atom stereocenters. The van der Waals surface area contributed by atoms with Crippen LogP contribution in [0.1, 0.15) is 59.3 Å². The zero-order valence-corrected chi connectivity index (χ0v) is 12.0. The highest BCUT2D eigenvalue weighted by Crippen LogP contribution is 2.33. The second kappa shape index (κ2) is 5.71. The zero-order chi connectivity index (χ0) is 12.3. The molecule has 2 fully saturated rings. The SMILES string of the molecule is CCC(C)CN1CC2(CCCC2)NCCC1C. The van der Waals surface area contributed by atoms with Gasteiger partial charge in [-0.15, -0.1) is 0 Å². The van der Waals surface area contributed by atoms with Gasteiger partial charge in [-0.1, -0.05) is 33.1 Å². The average Bonchev–Trinajstić information content (AvgIpc) is 2.70. The summed E-state index contributed by atoms with van der Waals surface area (Å²) in [6.45, 7) is 10.9. The molecule has 2 aliphatic rings. The molecule has 1 aliphatic carbocycles. The van der Waals surface area contributed by atoms with Crippen molar-refractivity contribution in [2.75, 3.05) is 19.6 Å². The molecule has 1 spiro atoms. The smallest absolute Gasteiger partial charge is 0.0308 e. The number of nitrogens with zero attached hydrogens (tertiary/aromatic N) is 1. The fraction of sp³-hybridized carbons (Fsp3) is 1.00. The highest BCUT2D eigenvalue weighted by molar-refractivity contribution is 4.98. The number of hydrogen-bond acceptors (Lipinski definition) is 2. The standard InChI is InChI=1S/C15H30N2/c1-4-13(2)11-17-12-15(8-5-6-9-15)16-10-7-14(17)3/h13-14,16H,4-12H2,1-3H3. The minimum atomic E-state index is 0.470. The first-order valence-electron chi connectivity index (χ1n) is 7.64.